The highest BCUT2D eigenvalue weighted by atomic mass is 19.1. The summed E-state index contributed by atoms with van der Waals surface area (Å²) >= 11 is 0. The molecule has 2 aromatic rings. The molecule has 0 atom stereocenters. The third kappa shape index (κ3) is 4.21. The second-order valence-electron chi connectivity index (χ2n) is 4.87. The van der Waals surface area contributed by atoms with Gasteiger partial charge in [0.25, 0.3) is 11.8 Å². The molecule has 0 heterocycles. The average molecular weight is 351 g/mol. The number of carbonyl (C=O) groups is 2. The lowest BCUT2D eigenvalue weighted by Gasteiger charge is -2.11. The number of nitrogens with one attached hydrogen (secondary N) is 1. The summed E-state index contributed by atoms with van der Waals surface area (Å²) in [5.74, 6) is -4.35. The predicted octanol–water partition coefficient (Wildman–Crippen LogP) is 2.33. The molecular formula is C16H12F3N3O3. The minimum atomic E-state index is -0.926. The molecule has 0 aromatic heterocycles. The maximum atomic E-state index is 13.9. The van der Waals surface area contributed by atoms with E-state index >= 15 is 0 Å². The molecule has 0 fully saturated rings. The summed E-state index contributed by atoms with van der Waals surface area (Å²) < 4.78 is 40.6. The van der Waals surface area contributed by atoms with Gasteiger partial charge in [-0.15, -0.1) is 0 Å². The molecule has 0 aliphatic carbocycles. The van der Waals surface area contributed by atoms with E-state index in [9.17, 15) is 22.8 Å². The molecular weight excluding hydrogens is 339 g/mol. The molecule has 2 aromatic carbocycles. The maximum absolute atomic E-state index is 13.9. The van der Waals surface area contributed by atoms with E-state index in [4.69, 9.17) is 5.21 Å². The van der Waals surface area contributed by atoms with E-state index in [0.29, 0.717) is 5.01 Å². The molecule has 25 heavy (non-hydrogen) atoms. The Morgan fingerprint density at radius 2 is 1.84 bits per heavy atom. The fourth-order valence-electron chi connectivity index (χ4n) is 1.87. The zero-order valence-corrected chi connectivity index (χ0v) is 12.8. The van der Waals surface area contributed by atoms with Crippen molar-refractivity contribution >= 4 is 18.0 Å². The zero-order valence-electron chi connectivity index (χ0n) is 12.8. The molecule has 0 radical (unpaired) electrons. The van der Waals surface area contributed by atoms with Gasteiger partial charge in [-0.3, -0.25) is 14.8 Å². The van der Waals surface area contributed by atoms with Crippen molar-refractivity contribution in [2.45, 2.75) is 0 Å². The Hall–Kier alpha value is -3.20. The van der Waals surface area contributed by atoms with Crippen LogP contribution in [0, 0.1) is 17.5 Å². The van der Waals surface area contributed by atoms with E-state index in [2.05, 4.69) is 5.10 Å². The first kappa shape index (κ1) is 18.1. The number of amides is 2. The van der Waals surface area contributed by atoms with Crippen LogP contribution in [0.2, 0.25) is 0 Å². The van der Waals surface area contributed by atoms with E-state index in [1.165, 1.54) is 24.7 Å². The summed E-state index contributed by atoms with van der Waals surface area (Å²) in [5, 5.41) is 12.9. The molecule has 0 bridgehead atoms. The molecule has 0 unspecified atom stereocenters. The third-order valence-electron chi connectivity index (χ3n) is 3.19. The fourth-order valence-corrected chi connectivity index (χ4v) is 1.87. The number of carbonyl (C=O) groups excluding carboxylic acids is 2. The van der Waals surface area contributed by atoms with Crippen LogP contribution in [0.3, 0.4) is 0 Å². The molecule has 130 valence electrons. The predicted molar refractivity (Wildman–Crippen MR) is 81.7 cm³/mol. The Bertz CT molecular complexity index is 856. The minimum absolute atomic E-state index is 0.0612. The van der Waals surface area contributed by atoms with Crippen LogP contribution in [0.5, 0.6) is 0 Å². The van der Waals surface area contributed by atoms with Crippen LogP contribution >= 0.6 is 0 Å². The summed E-state index contributed by atoms with van der Waals surface area (Å²) in [6, 6.07) is 5.70. The molecule has 2 amide bonds. The maximum Gasteiger partial charge on any atom is 0.276 e. The molecule has 0 saturated heterocycles. The first-order chi connectivity index (χ1) is 11.8. The van der Waals surface area contributed by atoms with Gasteiger partial charge in [0.15, 0.2) is 0 Å². The van der Waals surface area contributed by atoms with Gasteiger partial charge >= 0.3 is 0 Å². The molecule has 0 saturated carbocycles. The van der Waals surface area contributed by atoms with Crippen molar-refractivity contribution in [1.29, 1.82) is 0 Å². The second kappa shape index (κ2) is 7.58. The highest BCUT2D eigenvalue weighted by Gasteiger charge is 2.16. The van der Waals surface area contributed by atoms with Gasteiger partial charge in [0.2, 0.25) is 0 Å². The van der Waals surface area contributed by atoms with Crippen molar-refractivity contribution in [2.24, 2.45) is 5.10 Å². The molecule has 9 heteroatoms. The lowest BCUT2D eigenvalue weighted by molar-refractivity contribution is 0.0705. The van der Waals surface area contributed by atoms with E-state index in [0.717, 1.165) is 30.5 Å². The van der Waals surface area contributed by atoms with E-state index in [1.54, 1.807) is 0 Å². The second-order valence-corrected chi connectivity index (χ2v) is 4.87. The zero-order chi connectivity index (χ0) is 18.6. The number of hydrazone groups is 1. The SMILES string of the molecule is CN(N=Cc1ccc(C(=O)NO)cc1F)C(=O)c1cc(F)ccc1F. The van der Waals surface area contributed by atoms with Gasteiger partial charge in [-0.05, 0) is 36.4 Å². The van der Waals surface area contributed by atoms with Gasteiger partial charge < -0.3 is 0 Å². The monoisotopic (exact) mass is 351 g/mol. The van der Waals surface area contributed by atoms with Gasteiger partial charge in [-0.2, -0.15) is 5.10 Å². The number of benzene rings is 2. The largest absolute Gasteiger partial charge is 0.288 e. The van der Waals surface area contributed by atoms with Crippen molar-refractivity contribution in [3.63, 3.8) is 0 Å². The fraction of sp³-hybridized carbons (Fsp3) is 0.0625. The molecule has 0 aliphatic heterocycles. The van der Waals surface area contributed by atoms with Crippen LogP contribution < -0.4 is 5.48 Å². The van der Waals surface area contributed by atoms with Crippen LogP contribution in [0.1, 0.15) is 26.3 Å². The van der Waals surface area contributed by atoms with E-state index in [-0.39, 0.29) is 11.1 Å². The van der Waals surface area contributed by atoms with Crippen LogP contribution in [0.25, 0.3) is 0 Å². The third-order valence-corrected chi connectivity index (χ3v) is 3.19. The quantitative estimate of drug-likeness (QED) is 0.504. The molecule has 0 spiro atoms. The van der Waals surface area contributed by atoms with Gasteiger partial charge in [-0.25, -0.2) is 23.7 Å². The highest BCUT2D eigenvalue weighted by Crippen LogP contribution is 2.13. The highest BCUT2D eigenvalue weighted by molar-refractivity contribution is 5.96. The number of nitrogens with zero attached hydrogens (tertiary/aromatic N) is 2. The van der Waals surface area contributed by atoms with Crippen LogP contribution in [0.4, 0.5) is 13.2 Å². The minimum Gasteiger partial charge on any atom is -0.288 e. The van der Waals surface area contributed by atoms with Crippen molar-refractivity contribution in [1.82, 2.24) is 10.5 Å². The number of hydrogen-bond acceptors (Lipinski definition) is 4. The Kier molecular flexibility index (Phi) is 5.50. The van der Waals surface area contributed by atoms with Crippen LogP contribution in [0.15, 0.2) is 41.5 Å². The lowest BCUT2D eigenvalue weighted by atomic mass is 10.1. The number of halogens is 3. The smallest absolute Gasteiger partial charge is 0.276 e. The van der Waals surface area contributed by atoms with Crippen molar-refractivity contribution in [3.05, 3.63) is 70.5 Å². The van der Waals surface area contributed by atoms with E-state index < -0.39 is 34.8 Å². The summed E-state index contributed by atoms with van der Waals surface area (Å²) in [6.07, 6.45) is 0.977. The summed E-state index contributed by atoms with van der Waals surface area (Å²) in [6.45, 7) is 0. The molecule has 0 aliphatic rings. The first-order valence-electron chi connectivity index (χ1n) is 6.84. The lowest BCUT2D eigenvalue weighted by Crippen LogP contribution is -2.23. The Balaban J connectivity index is 2.19. The van der Waals surface area contributed by atoms with Gasteiger partial charge in [0, 0.05) is 18.2 Å². The molecule has 6 nitrogen and oxygen atoms in total. The average Bonchev–Trinajstić information content (AvgIpc) is 2.61. The van der Waals surface area contributed by atoms with Gasteiger partial charge in [-0.1, -0.05) is 0 Å². The van der Waals surface area contributed by atoms with Gasteiger partial charge in [0.1, 0.15) is 17.5 Å². The van der Waals surface area contributed by atoms with Crippen molar-refractivity contribution in [3.8, 4) is 0 Å². The number of rotatable bonds is 4. The van der Waals surface area contributed by atoms with Crippen LogP contribution in [-0.2, 0) is 0 Å². The number of hydrogen-bond donors (Lipinski definition) is 2. The van der Waals surface area contributed by atoms with E-state index in [1.807, 2.05) is 0 Å². The standard InChI is InChI=1S/C16H12F3N3O3/c1-22(16(24)12-7-11(17)4-5-13(12)18)20-8-10-3-2-9(6-14(10)19)15(23)21-25/h2-8,25H,1H3,(H,21,23). The summed E-state index contributed by atoms with van der Waals surface area (Å²) in [4.78, 5) is 23.2. The molecule has 2 N–H and O–H groups in total. The summed E-state index contributed by atoms with van der Waals surface area (Å²) in [5.41, 5.74) is 0.661. The number of hydroxylamine groups is 1. The van der Waals surface area contributed by atoms with Crippen molar-refractivity contribution < 1.29 is 28.0 Å². The summed E-state index contributed by atoms with van der Waals surface area (Å²) in [7, 11) is 1.19. The normalized spacial score (nSPS) is 10.8. The topological polar surface area (TPSA) is 82.0 Å². The Labute approximate surface area is 140 Å². The molecule has 2 rings (SSSR count). The van der Waals surface area contributed by atoms with Gasteiger partial charge in [0.05, 0.1) is 11.8 Å². The Morgan fingerprint density at radius 3 is 2.48 bits per heavy atom. The van der Waals surface area contributed by atoms with Crippen LogP contribution in [-0.4, -0.2) is 35.3 Å². The first-order valence-corrected chi connectivity index (χ1v) is 6.84. The Morgan fingerprint density at radius 1 is 1.12 bits per heavy atom. The van der Waals surface area contributed by atoms with Crippen molar-refractivity contribution in [2.75, 3.05) is 7.05 Å².